The van der Waals surface area contributed by atoms with E-state index in [0.717, 1.165) is 18.2 Å². The second-order valence-corrected chi connectivity index (χ2v) is 9.22. The van der Waals surface area contributed by atoms with Crippen LogP contribution in [0.2, 0.25) is 0 Å². The molecule has 0 radical (unpaired) electrons. The second kappa shape index (κ2) is 13.3. The van der Waals surface area contributed by atoms with E-state index < -0.39 is 43.9 Å². The van der Waals surface area contributed by atoms with Crippen LogP contribution in [0.15, 0.2) is 53.9 Å². The lowest BCUT2D eigenvalue weighted by atomic mass is 10.1. The van der Waals surface area contributed by atoms with E-state index in [-0.39, 0.29) is 17.3 Å². The summed E-state index contributed by atoms with van der Waals surface area (Å²) in [5.74, 6) is 0.432. The fraction of sp³-hybridized carbons (Fsp3) is 0.192. The summed E-state index contributed by atoms with van der Waals surface area (Å²) >= 11 is -1.54. The highest BCUT2D eigenvalue weighted by atomic mass is 32.2. The number of rotatable bonds is 12. The average Bonchev–Trinajstić information content (AvgIpc) is 2.95. The van der Waals surface area contributed by atoms with Crippen molar-refractivity contribution in [2.24, 2.45) is 0 Å². The topological polar surface area (TPSA) is 173 Å². The number of nitro groups is 2. The number of carbonyl (C=O) groups is 1. The Kier molecular flexibility index (Phi) is 9.89. The molecule has 210 valence electrons. The third-order valence-electron chi connectivity index (χ3n) is 5.44. The molecule has 40 heavy (non-hydrogen) atoms. The zero-order chi connectivity index (χ0) is 29.4. The van der Waals surface area contributed by atoms with E-state index >= 15 is 0 Å². The summed E-state index contributed by atoms with van der Waals surface area (Å²) in [6.07, 6.45) is 1.59. The summed E-state index contributed by atoms with van der Waals surface area (Å²) in [4.78, 5) is 33.4. The highest BCUT2D eigenvalue weighted by Gasteiger charge is 2.22. The van der Waals surface area contributed by atoms with E-state index in [9.17, 15) is 29.6 Å². The van der Waals surface area contributed by atoms with Crippen molar-refractivity contribution >= 4 is 34.6 Å². The quantitative estimate of drug-likeness (QED) is 0.0969. The molecule has 0 spiro atoms. The average molecular weight is 573 g/mol. The van der Waals surface area contributed by atoms with E-state index in [4.69, 9.17) is 23.7 Å². The Morgan fingerprint density at radius 3 is 1.88 bits per heavy atom. The number of non-ortho nitro benzene ring substituents is 2. The van der Waals surface area contributed by atoms with Gasteiger partial charge >= 0.3 is 5.97 Å². The van der Waals surface area contributed by atoms with Crippen LogP contribution >= 0.6 is 0 Å². The molecule has 0 amide bonds. The molecule has 1 unspecified atom stereocenters. The van der Waals surface area contributed by atoms with Gasteiger partial charge in [0.05, 0.1) is 55.5 Å². The number of nitrogens with zero attached hydrogens (tertiary/aromatic N) is 2. The van der Waals surface area contributed by atoms with Crippen LogP contribution in [-0.4, -0.2) is 48.8 Å². The van der Waals surface area contributed by atoms with E-state index in [2.05, 4.69) is 0 Å². The van der Waals surface area contributed by atoms with Crippen LogP contribution < -0.4 is 23.7 Å². The Bertz CT molecular complexity index is 1400. The lowest BCUT2D eigenvalue weighted by Gasteiger charge is -2.13. The number of carbonyl (C=O) groups excluding carboxylic acids is 1. The van der Waals surface area contributed by atoms with Gasteiger partial charge in [-0.15, -0.1) is 0 Å². The van der Waals surface area contributed by atoms with E-state index in [0.29, 0.717) is 28.4 Å². The van der Waals surface area contributed by atoms with Gasteiger partial charge in [-0.25, -0.2) is 4.79 Å². The van der Waals surface area contributed by atoms with Gasteiger partial charge < -0.3 is 28.2 Å². The number of hydrogen-bond donors (Lipinski definition) is 0. The molecule has 3 aromatic rings. The normalized spacial score (nSPS) is 11.5. The van der Waals surface area contributed by atoms with Gasteiger partial charge in [0.2, 0.25) is 0 Å². The predicted octanol–water partition coefficient (Wildman–Crippen LogP) is 4.68. The zero-order valence-corrected chi connectivity index (χ0v) is 22.6. The van der Waals surface area contributed by atoms with Crippen molar-refractivity contribution in [1.82, 2.24) is 0 Å². The van der Waals surface area contributed by atoms with Crippen LogP contribution in [-0.2, 0) is 16.9 Å². The van der Waals surface area contributed by atoms with E-state index in [1.165, 1.54) is 46.0 Å². The SMILES string of the molecule is COc1cc(OC)c(C=C[S+]([O-])Cc2ccc(OC)c(OC(=O)c3cc([N+](=O)[O-])cc([N+](=O)[O-])c3)c2)c(OC)c1. The Balaban J connectivity index is 1.84. The van der Waals surface area contributed by atoms with Crippen LogP contribution in [0.1, 0.15) is 21.5 Å². The Hall–Kier alpha value is -4.82. The van der Waals surface area contributed by atoms with Crippen molar-refractivity contribution in [1.29, 1.82) is 0 Å². The van der Waals surface area contributed by atoms with Crippen molar-refractivity contribution in [3.05, 3.63) is 90.9 Å². The summed E-state index contributed by atoms with van der Waals surface area (Å²) < 4.78 is 39.5. The van der Waals surface area contributed by atoms with Crippen LogP contribution in [0.3, 0.4) is 0 Å². The van der Waals surface area contributed by atoms with Gasteiger partial charge in [-0.2, -0.15) is 0 Å². The first-order valence-electron chi connectivity index (χ1n) is 11.3. The molecule has 0 aliphatic carbocycles. The van der Waals surface area contributed by atoms with Gasteiger partial charge in [-0.3, -0.25) is 20.2 Å². The Morgan fingerprint density at radius 2 is 1.38 bits per heavy atom. The molecule has 3 aromatic carbocycles. The third-order valence-corrected chi connectivity index (χ3v) is 6.50. The molecular formula is C26H24N2O11S. The summed E-state index contributed by atoms with van der Waals surface area (Å²) in [6, 6.07) is 10.3. The monoisotopic (exact) mass is 572 g/mol. The first-order chi connectivity index (χ1) is 19.1. The summed E-state index contributed by atoms with van der Waals surface area (Å²) in [5.41, 5.74) is -0.634. The minimum atomic E-state index is -1.54. The van der Waals surface area contributed by atoms with Crippen LogP contribution in [0.5, 0.6) is 28.7 Å². The molecule has 0 aliphatic heterocycles. The molecule has 1 atom stereocenters. The minimum absolute atomic E-state index is 0.0219. The molecule has 0 bridgehead atoms. The standard InChI is InChI=1S/C26H24N2O11S/c1-35-20-13-23(37-3)21(24(14-20)38-4)7-8-40(34)15-16-5-6-22(36-2)25(9-16)39-26(29)17-10-18(27(30)31)12-19(11-17)28(32)33/h5-14H,15H2,1-4H3. The first-order valence-corrected chi connectivity index (χ1v) is 12.7. The fourth-order valence-corrected chi connectivity index (χ4v) is 4.42. The Morgan fingerprint density at radius 1 is 0.800 bits per heavy atom. The van der Waals surface area contributed by atoms with E-state index in [1.807, 2.05) is 0 Å². The maximum Gasteiger partial charge on any atom is 0.344 e. The van der Waals surface area contributed by atoms with E-state index in [1.54, 1.807) is 24.3 Å². The number of ether oxygens (including phenoxy) is 5. The van der Waals surface area contributed by atoms with Gasteiger partial charge in [0.15, 0.2) is 11.5 Å². The molecule has 0 fully saturated rings. The summed E-state index contributed by atoms with van der Waals surface area (Å²) in [5, 5.41) is 23.8. The molecule has 0 saturated heterocycles. The molecule has 0 saturated carbocycles. The first kappa shape index (κ1) is 29.7. The fourth-order valence-electron chi connectivity index (χ4n) is 3.53. The minimum Gasteiger partial charge on any atom is -0.612 e. The van der Waals surface area contributed by atoms with Crippen LogP contribution in [0.4, 0.5) is 11.4 Å². The highest BCUT2D eigenvalue weighted by Crippen LogP contribution is 2.36. The smallest absolute Gasteiger partial charge is 0.344 e. The van der Waals surface area contributed by atoms with Gasteiger partial charge in [-0.1, -0.05) is 6.07 Å². The van der Waals surface area contributed by atoms with Crippen molar-refractivity contribution in [2.45, 2.75) is 5.75 Å². The lowest BCUT2D eigenvalue weighted by Crippen LogP contribution is -2.11. The van der Waals surface area contributed by atoms with Gasteiger partial charge in [0.25, 0.3) is 11.4 Å². The maximum atomic E-state index is 12.9. The second-order valence-electron chi connectivity index (χ2n) is 7.90. The summed E-state index contributed by atoms with van der Waals surface area (Å²) in [7, 11) is 5.80. The third kappa shape index (κ3) is 7.18. The van der Waals surface area contributed by atoms with Crippen LogP contribution in [0, 0.1) is 20.2 Å². The lowest BCUT2D eigenvalue weighted by molar-refractivity contribution is -0.394. The molecule has 0 aromatic heterocycles. The predicted molar refractivity (Wildman–Crippen MR) is 145 cm³/mol. The number of benzene rings is 3. The van der Waals surface area contributed by atoms with Crippen molar-refractivity contribution in [3.8, 4) is 28.7 Å². The summed E-state index contributed by atoms with van der Waals surface area (Å²) in [6.45, 7) is 0. The maximum absolute atomic E-state index is 12.9. The molecule has 0 N–H and O–H groups in total. The molecular weight excluding hydrogens is 548 g/mol. The van der Waals surface area contributed by atoms with Gasteiger partial charge in [-0.05, 0) is 23.3 Å². The van der Waals surface area contributed by atoms with Gasteiger partial charge in [0, 0.05) is 35.9 Å². The van der Waals surface area contributed by atoms with Crippen molar-refractivity contribution < 1.29 is 42.9 Å². The van der Waals surface area contributed by atoms with Crippen LogP contribution in [0.25, 0.3) is 6.08 Å². The number of esters is 1. The molecule has 0 aliphatic rings. The Labute approximate surface area is 231 Å². The number of methoxy groups -OCH3 is 4. The molecule has 14 heteroatoms. The number of hydrogen-bond acceptors (Lipinski definition) is 11. The number of nitro benzene ring substituents is 2. The van der Waals surface area contributed by atoms with Crippen molar-refractivity contribution in [3.63, 3.8) is 0 Å². The molecule has 0 heterocycles. The molecule has 13 nitrogen and oxygen atoms in total. The van der Waals surface area contributed by atoms with Crippen molar-refractivity contribution in [2.75, 3.05) is 28.4 Å². The molecule has 3 rings (SSSR count). The largest absolute Gasteiger partial charge is 0.612 e. The highest BCUT2D eigenvalue weighted by molar-refractivity contribution is 7.93. The zero-order valence-electron chi connectivity index (χ0n) is 21.8. The van der Waals surface area contributed by atoms with Gasteiger partial charge in [0.1, 0.15) is 28.4 Å².